The topological polar surface area (TPSA) is 104 Å². The molecule has 0 saturated heterocycles. The van der Waals surface area contributed by atoms with Crippen LogP contribution >= 0.6 is 0 Å². The van der Waals surface area contributed by atoms with E-state index in [-0.39, 0.29) is 5.56 Å². The first-order valence-electron chi connectivity index (χ1n) is 9.49. The van der Waals surface area contributed by atoms with Crippen LogP contribution in [0.2, 0.25) is 0 Å². The summed E-state index contributed by atoms with van der Waals surface area (Å²) in [5.74, 6) is 1.39. The van der Waals surface area contributed by atoms with Gasteiger partial charge in [-0.25, -0.2) is 9.67 Å². The predicted octanol–water partition coefficient (Wildman–Crippen LogP) is 3.03. The van der Waals surface area contributed by atoms with Crippen LogP contribution in [0.15, 0.2) is 65.6 Å². The molecular weight excluding hydrogens is 366 g/mol. The Morgan fingerprint density at radius 2 is 1.79 bits per heavy atom. The molecule has 29 heavy (non-hydrogen) atoms. The summed E-state index contributed by atoms with van der Waals surface area (Å²) in [6.45, 7) is 0.658. The summed E-state index contributed by atoms with van der Waals surface area (Å²) in [5, 5.41) is 7.98. The lowest BCUT2D eigenvalue weighted by molar-refractivity contribution is 0.812. The maximum Gasteiger partial charge on any atom is 0.263 e. The molecule has 2 aromatic carbocycles. The molecule has 0 bridgehead atoms. The van der Waals surface area contributed by atoms with Crippen LogP contribution in [0.25, 0.3) is 27.8 Å². The van der Waals surface area contributed by atoms with Crippen LogP contribution in [-0.2, 0) is 6.42 Å². The van der Waals surface area contributed by atoms with Crippen molar-refractivity contribution in [3.8, 4) is 5.69 Å². The zero-order valence-electron chi connectivity index (χ0n) is 15.6. The average Bonchev–Trinajstić information content (AvgIpc) is 3.36. The lowest BCUT2D eigenvalue weighted by Crippen LogP contribution is -2.14. The van der Waals surface area contributed by atoms with Gasteiger partial charge in [-0.05, 0) is 30.7 Å². The summed E-state index contributed by atoms with van der Waals surface area (Å²) in [5.41, 5.74) is 3.19. The van der Waals surface area contributed by atoms with Crippen molar-refractivity contribution in [2.45, 2.75) is 12.8 Å². The summed E-state index contributed by atoms with van der Waals surface area (Å²) < 4.78 is 1.67. The van der Waals surface area contributed by atoms with E-state index in [1.807, 2.05) is 54.6 Å². The fraction of sp³-hybridized carbons (Fsp3) is 0.143. The van der Waals surface area contributed by atoms with Gasteiger partial charge < -0.3 is 10.3 Å². The minimum Gasteiger partial charge on any atom is -0.356 e. The first-order valence-corrected chi connectivity index (χ1v) is 9.49. The van der Waals surface area contributed by atoms with Gasteiger partial charge in [-0.1, -0.05) is 30.3 Å². The minimum absolute atomic E-state index is 0.211. The van der Waals surface area contributed by atoms with Gasteiger partial charge in [0.05, 0.1) is 22.9 Å². The van der Waals surface area contributed by atoms with E-state index in [0.29, 0.717) is 23.5 Å². The number of rotatable bonds is 6. The summed E-state index contributed by atoms with van der Waals surface area (Å²) in [4.78, 5) is 27.6. The number of hydrogen-bond acceptors (Lipinski definition) is 5. The van der Waals surface area contributed by atoms with Crippen molar-refractivity contribution in [3.05, 3.63) is 77.0 Å². The molecule has 3 aromatic heterocycles. The number of para-hydroxylation sites is 3. The fourth-order valence-corrected chi connectivity index (χ4v) is 3.35. The van der Waals surface area contributed by atoms with Crippen LogP contribution in [0.1, 0.15) is 12.2 Å². The van der Waals surface area contributed by atoms with E-state index in [4.69, 9.17) is 0 Å². The zero-order chi connectivity index (χ0) is 19.6. The number of anilines is 1. The molecule has 0 spiro atoms. The molecule has 0 unspecified atom stereocenters. The maximum atomic E-state index is 12.4. The average molecular weight is 385 g/mol. The molecule has 5 aromatic rings. The molecule has 0 aliphatic rings. The molecule has 8 nitrogen and oxygen atoms in total. The largest absolute Gasteiger partial charge is 0.356 e. The number of hydrogen-bond donors (Lipinski definition) is 3. The summed E-state index contributed by atoms with van der Waals surface area (Å²) in [6, 6.07) is 17.6. The maximum absolute atomic E-state index is 12.4. The number of imidazole rings is 1. The van der Waals surface area contributed by atoms with E-state index in [9.17, 15) is 4.79 Å². The summed E-state index contributed by atoms with van der Waals surface area (Å²) in [7, 11) is 0. The van der Waals surface area contributed by atoms with Crippen molar-refractivity contribution in [1.29, 1.82) is 0 Å². The van der Waals surface area contributed by atoms with Gasteiger partial charge in [0.2, 0.25) is 5.95 Å². The van der Waals surface area contributed by atoms with Crippen molar-refractivity contribution in [1.82, 2.24) is 29.7 Å². The molecule has 0 saturated carbocycles. The number of benzene rings is 2. The molecule has 0 amide bonds. The van der Waals surface area contributed by atoms with Crippen LogP contribution in [0.5, 0.6) is 0 Å². The number of aromatic nitrogens is 6. The Hall–Kier alpha value is -3.94. The van der Waals surface area contributed by atoms with Crippen LogP contribution in [0, 0.1) is 0 Å². The zero-order valence-corrected chi connectivity index (χ0v) is 15.6. The van der Waals surface area contributed by atoms with Gasteiger partial charge in [-0.2, -0.15) is 10.1 Å². The van der Waals surface area contributed by atoms with E-state index in [0.717, 1.165) is 35.4 Å². The second-order valence-electron chi connectivity index (χ2n) is 6.77. The second kappa shape index (κ2) is 7.23. The van der Waals surface area contributed by atoms with Gasteiger partial charge in [-0.3, -0.25) is 9.78 Å². The molecule has 0 aliphatic heterocycles. The van der Waals surface area contributed by atoms with Crippen LogP contribution in [0.4, 0.5) is 5.95 Å². The summed E-state index contributed by atoms with van der Waals surface area (Å²) >= 11 is 0. The van der Waals surface area contributed by atoms with Gasteiger partial charge in [0.1, 0.15) is 11.2 Å². The Balaban J connectivity index is 1.31. The molecule has 0 atom stereocenters. The highest BCUT2D eigenvalue weighted by Gasteiger charge is 2.11. The molecule has 144 valence electrons. The van der Waals surface area contributed by atoms with Gasteiger partial charge in [-0.15, -0.1) is 0 Å². The molecule has 3 heterocycles. The van der Waals surface area contributed by atoms with E-state index in [1.54, 1.807) is 10.9 Å². The minimum atomic E-state index is -0.211. The van der Waals surface area contributed by atoms with Gasteiger partial charge in [0.15, 0.2) is 5.65 Å². The molecule has 8 heteroatoms. The van der Waals surface area contributed by atoms with Gasteiger partial charge in [0, 0.05) is 13.0 Å². The van der Waals surface area contributed by atoms with E-state index < -0.39 is 0 Å². The number of nitrogens with one attached hydrogen (secondary N) is 3. The summed E-state index contributed by atoms with van der Waals surface area (Å²) in [6.07, 6.45) is 3.19. The predicted molar refractivity (Wildman–Crippen MR) is 112 cm³/mol. The normalized spacial score (nSPS) is 11.3. The first kappa shape index (κ1) is 17.2. The Labute approximate surface area is 165 Å². The third-order valence-corrected chi connectivity index (χ3v) is 4.76. The van der Waals surface area contributed by atoms with E-state index in [2.05, 4.69) is 30.4 Å². The van der Waals surface area contributed by atoms with Crippen LogP contribution < -0.4 is 10.9 Å². The lowest BCUT2D eigenvalue weighted by Gasteiger charge is -2.06. The standard InChI is InChI=1S/C21H19N7O/c29-20-15-13-23-28(14-7-2-1-3-8-14)19(15)26-21(27-20)22-12-6-11-18-24-16-9-4-5-10-17(16)25-18/h1-5,7-10,13H,6,11-12H2,(H,24,25)(H2,22,26,27,29). The van der Waals surface area contributed by atoms with E-state index >= 15 is 0 Å². The highest BCUT2D eigenvalue weighted by atomic mass is 16.1. The second-order valence-corrected chi connectivity index (χ2v) is 6.77. The molecule has 0 radical (unpaired) electrons. The number of fused-ring (bicyclic) bond motifs is 2. The smallest absolute Gasteiger partial charge is 0.263 e. The molecule has 0 aliphatic carbocycles. The SMILES string of the molecule is O=c1[nH]c(NCCCc2nc3ccccc3[nH]2)nc2c1cnn2-c1ccccc1. The highest BCUT2D eigenvalue weighted by Crippen LogP contribution is 2.15. The highest BCUT2D eigenvalue weighted by molar-refractivity contribution is 5.76. The Morgan fingerprint density at radius 3 is 2.66 bits per heavy atom. The fourth-order valence-electron chi connectivity index (χ4n) is 3.35. The Morgan fingerprint density at radius 1 is 0.966 bits per heavy atom. The first-order chi connectivity index (χ1) is 14.3. The van der Waals surface area contributed by atoms with Crippen molar-refractivity contribution in [3.63, 3.8) is 0 Å². The third-order valence-electron chi connectivity index (χ3n) is 4.76. The molecule has 3 N–H and O–H groups in total. The molecule has 5 rings (SSSR count). The number of nitrogens with zero attached hydrogens (tertiary/aromatic N) is 4. The van der Waals surface area contributed by atoms with Crippen LogP contribution in [0.3, 0.4) is 0 Å². The lowest BCUT2D eigenvalue weighted by atomic mass is 10.3. The molecular formula is C21H19N7O. The van der Waals surface area contributed by atoms with Gasteiger partial charge >= 0.3 is 0 Å². The van der Waals surface area contributed by atoms with Crippen molar-refractivity contribution >= 4 is 28.0 Å². The van der Waals surface area contributed by atoms with Crippen molar-refractivity contribution in [2.24, 2.45) is 0 Å². The van der Waals surface area contributed by atoms with Crippen molar-refractivity contribution < 1.29 is 0 Å². The monoisotopic (exact) mass is 385 g/mol. The number of aromatic amines is 2. The number of H-pyrrole nitrogens is 2. The van der Waals surface area contributed by atoms with E-state index in [1.165, 1.54) is 0 Å². The Bertz CT molecular complexity index is 1300. The van der Waals surface area contributed by atoms with Crippen molar-refractivity contribution in [2.75, 3.05) is 11.9 Å². The van der Waals surface area contributed by atoms with Gasteiger partial charge in [0.25, 0.3) is 5.56 Å². The quantitative estimate of drug-likeness (QED) is 0.390. The molecule has 0 fully saturated rings. The third kappa shape index (κ3) is 3.36. The Kier molecular flexibility index (Phi) is 4.28. The number of aryl methyl sites for hydroxylation is 1. The van der Waals surface area contributed by atoms with Crippen LogP contribution in [-0.4, -0.2) is 36.3 Å².